The number of amides is 1. The van der Waals surface area contributed by atoms with Crippen molar-refractivity contribution in [3.63, 3.8) is 0 Å². The van der Waals surface area contributed by atoms with Crippen LogP contribution in [-0.4, -0.2) is 59.0 Å². The van der Waals surface area contributed by atoms with E-state index in [4.69, 9.17) is 5.11 Å². The summed E-state index contributed by atoms with van der Waals surface area (Å²) in [5.41, 5.74) is 0. The maximum Gasteiger partial charge on any atom is 0.323 e. The summed E-state index contributed by atoms with van der Waals surface area (Å²) in [5, 5.41) is 8.81. The molecule has 102 valence electrons. The molecule has 2 saturated heterocycles. The van der Waals surface area contributed by atoms with Gasteiger partial charge in [0.05, 0.1) is 0 Å². The molecule has 0 aromatic rings. The summed E-state index contributed by atoms with van der Waals surface area (Å²) in [7, 11) is 0. The Bertz CT molecular complexity index is 313. The van der Waals surface area contributed by atoms with E-state index < -0.39 is 5.97 Å². The molecule has 1 amide bonds. The summed E-state index contributed by atoms with van der Waals surface area (Å²) < 4.78 is 0. The van der Waals surface area contributed by atoms with E-state index in [0.29, 0.717) is 6.42 Å². The van der Waals surface area contributed by atoms with E-state index in [0.717, 1.165) is 25.8 Å². The molecule has 0 aromatic carbocycles. The van der Waals surface area contributed by atoms with Crippen molar-refractivity contribution in [3.8, 4) is 0 Å². The van der Waals surface area contributed by atoms with Gasteiger partial charge in [0, 0.05) is 12.5 Å². The molecule has 2 heterocycles. The molecule has 2 rings (SSSR count). The average Bonchev–Trinajstić information content (AvgIpc) is 2.93. The van der Waals surface area contributed by atoms with Crippen LogP contribution in [0, 0.1) is 0 Å². The molecule has 1 unspecified atom stereocenters. The van der Waals surface area contributed by atoms with E-state index >= 15 is 0 Å². The van der Waals surface area contributed by atoms with Crippen LogP contribution in [0.5, 0.6) is 0 Å². The Morgan fingerprint density at radius 3 is 2.72 bits per heavy atom. The monoisotopic (exact) mass is 254 g/mol. The minimum absolute atomic E-state index is 0.00331. The van der Waals surface area contributed by atoms with Crippen LogP contribution in [0.25, 0.3) is 0 Å². The number of carbonyl (C=O) groups excluding carboxylic acids is 1. The lowest BCUT2D eigenvalue weighted by atomic mass is 10.1. The molecule has 1 atom stereocenters. The highest BCUT2D eigenvalue weighted by molar-refractivity contribution is 5.83. The first-order valence-electron chi connectivity index (χ1n) is 6.90. The maximum absolute atomic E-state index is 11.6. The largest absolute Gasteiger partial charge is 0.480 e. The van der Waals surface area contributed by atoms with Crippen molar-refractivity contribution < 1.29 is 14.7 Å². The second kappa shape index (κ2) is 6.18. The molecule has 5 heteroatoms. The van der Waals surface area contributed by atoms with Crippen LogP contribution in [0.2, 0.25) is 0 Å². The summed E-state index contributed by atoms with van der Waals surface area (Å²) in [6.45, 7) is 3.35. The minimum Gasteiger partial charge on any atom is -0.480 e. The van der Waals surface area contributed by atoms with Crippen LogP contribution in [-0.2, 0) is 9.59 Å². The van der Waals surface area contributed by atoms with Crippen LogP contribution in [0.3, 0.4) is 0 Å². The molecule has 1 N–H and O–H groups in total. The SMILES string of the molecule is O=C(O)CN1C(=O)CCC1CCCN1CCCC1. The minimum atomic E-state index is -0.908. The summed E-state index contributed by atoms with van der Waals surface area (Å²) >= 11 is 0. The van der Waals surface area contributed by atoms with Gasteiger partial charge in [0.15, 0.2) is 0 Å². The third-order valence-electron chi connectivity index (χ3n) is 3.97. The highest BCUT2D eigenvalue weighted by Crippen LogP contribution is 2.22. The number of rotatable bonds is 6. The molecular weight excluding hydrogens is 232 g/mol. The molecule has 0 aliphatic carbocycles. The second-order valence-corrected chi connectivity index (χ2v) is 5.30. The van der Waals surface area contributed by atoms with Crippen LogP contribution in [0.1, 0.15) is 38.5 Å². The first kappa shape index (κ1) is 13.3. The van der Waals surface area contributed by atoms with E-state index in [1.807, 2.05) is 0 Å². The highest BCUT2D eigenvalue weighted by Gasteiger charge is 2.31. The first-order valence-corrected chi connectivity index (χ1v) is 6.90. The topological polar surface area (TPSA) is 60.9 Å². The molecular formula is C13H22N2O3. The summed E-state index contributed by atoms with van der Waals surface area (Å²) in [4.78, 5) is 26.3. The Hall–Kier alpha value is -1.10. The van der Waals surface area contributed by atoms with E-state index in [2.05, 4.69) is 4.90 Å². The number of likely N-dealkylation sites (tertiary alicyclic amines) is 2. The van der Waals surface area contributed by atoms with Crippen LogP contribution >= 0.6 is 0 Å². The normalized spacial score (nSPS) is 25.0. The van der Waals surface area contributed by atoms with Crippen molar-refractivity contribution in [3.05, 3.63) is 0 Å². The van der Waals surface area contributed by atoms with Gasteiger partial charge in [-0.25, -0.2) is 0 Å². The van der Waals surface area contributed by atoms with Crippen LogP contribution in [0.15, 0.2) is 0 Å². The zero-order chi connectivity index (χ0) is 13.0. The number of aliphatic carboxylic acids is 1. The highest BCUT2D eigenvalue weighted by atomic mass is 16.4. The number of carboxylic acid groups (broad SMARTS) is 1. The van der Waals surface area contributed by atoms with E-state index in [1.54, 1.807) is 4.90 Å². The van der Waals surface area contributed by atoms with Crippen LogP contribution < -0.4 is 0 Å². The van der Waals surface area contributed by atoms with Gasteiger partial charge in [0.1, 0.15) is 6.54 Å². The maximum atomic E-state index is 11.6. The molecule has 5 nitrogen and oxygen atoms in total. The number of carbonyl (C=O) groups is 2. The zero-order valence-corrected chi connectivity index (χ0v) is 10.8. The van der Waals surface area contributed by atoms with Gasteiger partial charge < -0.3 is 14.9 Å². The van der Waals surface area contributed by atoms with Gasteiger partial charge in [-0.05, 0) is 51.7 Å². The van der Waals surface area contributed by atoms with Crippen molar-refractivity contribution in [1.29, 1.82) is 0 Å². The fourth-order valence-corrected chi connectivity index (χ4v) is 3.01. The molecule has 2 fully saturated rings. The first-order chi connectivity index (χ1) is 8.66. The van der Waals surface area contributed by atoms with Gasteiger partial charge in [-0.3, -0.25) is 9.59 Å². The predicted octanol–water partition coefficient (Wildman–Crippen LogP) is 0.938. The lowest BCUT2D eigenvalue weighted by Gasteiger charge is -2.24. The molecule has 18 heavy (non-hydrogen) atoms. The number of hydrogen-bond donors (Lipinski definition) is 1. The van der Waals surface area contributed by atoms with Crippen molar-refractivity contribution >= 4 is 11.9 Å². The Kier molecular flexibility index (Phi) is 4.58. The third kappa shape index (κ3) is 3.45. The third-order valence-corrected chi connectivity index (χ3v) is 3.97. The quantitative estimate of drug-likeness (QED) is 0.766. The van der Waals surface area contributed by atoms with Gasteiger partial charge in [-0.1, -0.05) is 0 Å². The van der Waals surface area contributed by atoms with Crippen molar-refractivity contribution in [2.24, 2.45) is 0 Å². The Labute approximate surface area is 108 Å². The second-order valence-electron chi connectivity index (χ2n) is 5.30. The summed E-state index contributed by atoms with van der Waals surface area (Å²) in [5.74, 6) is -0.904. The lowest BCUT2D eigenvalue weighted by Crippen LogP contribution is -2.37. The van der Waals surface area contributed by atoms with E-state index in [9.17, 15) is 9.59 Å². The van der Waals surface area contributed by atoms with Crippen LogP contribution in [0.4, 0.5) is 0 Å². The van der Waals surface area contributed by atoms with Crippen molar-refractivity contribution in [2.75, 3.05) is 26.2 Å². The fourth-order valence-electron chi connectivity index (χ4n) is 3.01. The molecule has 0 saturated carbocycles. The van der Waals surface area contributed by atoms with Gasteiger partial charge in [0.2, 0.25) is 5.91 Å². The van der Waals surface area contributed by atoms with E-state index in [1.165, 1.54) is 25.9 Å². The smallest absolute Gasteiger partial charge is 0.323 e. The standard InChI is InChI=1S/C13H22N2O3/c16-12-6-5-11(15(12)10-13(17)18)4-3-9-14-7-1-2-8-14/h11H,1-10H2,(H,17,18). The van der Waals surface area contributed by atoms with Gasteiger partial charge in [-0.15, -0.1) is 0 Å². The zero-order valence-electron chi connectivity index (χ0n) is 10.8. The Morgan fingerprint density at radius 1 is 1.33 bits per heavy atom. The van der Waals surface area contributed by atoms with Gasteiger partial charge >= 0.3 is 5.97 Å². The number of hydrogen-bond acceptors (Lipinski definition) is 3. The molecule has 2 aliphatic rings. The lowest BCUT2D eigenvalue weighted by molar-refractivity contribution is -0.143. The molecule has 0 radical (unpaired) electrons. The average molecular weight is 254 g/mol. The molecule has 0 bridgehead atoms. The van der Waals surface area contributed by atoms with Crippen molar-refractivity contribution in [2.45, 2.75) is 44.6 Å². The Morgan fingerprint density at radius 2 is 2.06 bits per heavy atom. The molecule has 0 aromatic heterocycles. The molecule has 2 aliphatic heterocycles. The van der Waals surface area contributed by atoms with Gasteiger partial charge in [-0.2, -0.15) is 0 Å². The summed E-state index contributed by atoms with van der Waals surface area (Å²) in [6.07, 6.45) is 5.94. The number of nitrogens with zero attached hydrogens (tertiary/aromatic N) is 2. The Balaban J connectivity index is 1.73. The summed E-state index contributed by atoms with van der Waals surface area (Å²) in [6, 6.07) is 0.149. The number of carboxylic acids is 1. The van der Waals surface area contributed by atoms with E-state index in [-0.39, 0.29) is 18.5 Å². The fraction of sp³-hybridized carbons (Fsp3) is 0.846. The molecule has 0 spiro atoms. The predicted molar refractivity (Wildman–Crippen MR) is 67.3 cm³/mol. The van der Waals surface area contributed by atoms with Gasteiger partial charge in [0.25, 0.3) is 0 Å². The van der Waals surface area contributed by atoms with Crippen molar-refractivity contribution in [1.82, 2.24) is 9.80 Å².